The first kappa shape index (κ1) is 16.1. The standard InChI is InChI=1S/C12H18N2O4/c1-2-8-18-9-6-12(17)14-10(5-7-15)3-4-11(13)16/h1,7,10H,3-6,8-9H2,(H2,13,16)(H,14,17). The molecule has 0 aromatic rings. The molecule has 0 aliphatic carbocycles. The number of nitrogens with two attached hydrogens (primary N) is 1. The Morgan fingerprint density at radius 2 is 2.17 bits per heavy atom. The molecule has 0 saturated heterocycles. The van der Waals surface area contributed by atoms with Gasteiger partial charge < -0.3 is 20.6 Å². The molecule has 0 aliphatic heterocycles. The molecule has 0 radical (unpaired) electrons. The average Bonchev–Trinajstić information content (AvgIpc) is 2.32. The monoisotopic (exact) mass is 254 g/mol. The largest absolute Gasteiger partial charge is 0.370 e. The van der Waals surface area contributed by atoms with Crippen LogP contribution in [0.2, 0.25) is 0 Å². The molecule has 0 saturated carbocycles. The van der Waals surface area contributed by atoms with Crippen molar-refractivity contribution in [3.05, 3.63) is 0 Å². The van der Waals surface area contributed by atoms with Gasteiger partial charge in [-0.3, -0.25) is 9.59 Å². The van der Waals surface area contributed by atoms with Gasteiger partial charge in [0, 0.05) is 18.9 Å². The Kier molecular flexibility index (Phi) is 9.23. The number of amides is 2. The average molecular weight is 254 g/mol. The molecular formula is C12H18N2O4. The van der Waals surface area contributed by atoms with Crippen LogP contribution in [0.1, 0.15) is 25.7 Å². The molecule has 0 spiro atoms. The van der Waals surface area contributed by atoms with E-state index in [4.69, 9.17) is 16.9 Å². The maximum atomic E-state index is 11.5. The molecule has 1 atom stereocenters. The van der Waals surface area contributed by atoms with Gasteiger partial charge in [0.2, 0.25) is 11.8 Å². The second kappa shape index (κ2) is 10.3. The van der Waals surface area contributed by atoms with E-state index in [1.54, 1.807) is 0 Å². The van der Waals surface area contributed by atoms with E-state index in [1.807, 2.05) is 0 Å². The van der Waals surface area contributed by atoms with E-state index >= 15 is 0 Å². The quantitative estimate of drug-likeness (QED) is 0.308. The molecule has 2 amide bonds. The van der Waals surface area contributed by atoms with Crippen LogP contribution in [0.3, 0.4) is 0 Å². The molecule has 0 fully saturated rings. The first-order chi connectivity index (χ1) is 8.60. The van der Waals surface area contributed by atoms with Gasteiger partial charge in [-0.1, -0.05) is 5.92 Å². The van der Waals surface area contributed by atoms with Crippen LogP contribution in [0, 0.1) is 12.3 Å². The lowest BCUT2D eigenvalue weighted by molar-refractivity contribution is -0.123. The molecule has 6 nitrogen and oxygen atoms in total. The zero-order chi connectivity index (χ0) is 13.8. The van der Waals surface area contributed by atoms with Crippen LogP contribution < -0.4 is 11.1 Å². The summed E-state index contributed by atoms with van der Waals surface area (Å²) in [6.45, 7) is 0.381. The van der Waals surface area contributed by atoms with Gasteiger partial charge in [0.1, 0.15) is 12.9 Å². The number of ether oxygens (including phenoxy) is 1. The number of carbonyl (C=O) groups is 3. The molecule has 6 heteroatoms. The van der Waals surface area contributed by atoms with Crippen LogP contribution in [-0.2, 0) is 19.1 Å². The fraction of sp³-hybridized carbons (Fsp3) is 0.583. The van der Waals surface area contributed by atoms with Crippen molar-refractivity contribution < 1.29 is 19.1 Å². The molecule has 0 aliphatic rings. The zero-order valence-corrected chi connectivity index (χ0v) is 10.2. The molecule has 0 heterocycles. The fourth-order valence-corrected chi connectivity index (χ4v) is 1.28. The first-order valence-corrected chi connectivity index (χ1v) is 5.62. The second-order valence-electron chi connectivity index (χ2n) is 3.68. The predicted molar refractivity (Wildman–Crippen MR) is 65.3 cm³/mol. The van der Waals surface area contributed by atoms with Gasteiger partial charge in [0.15, 0.2) is 0 Å². The van der Waals surface area contributed by atoms with Gasteiger partial charge >= 0.3 is 0 Å². The van der Waals surface area contributed by atoms with Gasteiger partial charge in [-0.15, -0.1) is 6.42 Å². The Morgan fingerprint density at radius 3 is 2.72 bits per heavy atom. The van der Waals surface area contributed by atoms with Crippen LogP contribution in [0.15, 0.2) is 0 Å². The minimum atomic E-state index is -0.461. The summed E-state index contributed by atoms with van der Waals surface area (Å²) in [5.41, 5.74) is 5.00. The lowest BCUT2D eigenvalue weighted by Crippen LogP contribution is -2.36. The molecule has 0 aromatic carbocycles. The predicted octanol–water partition coefficient (Wildman–Crippen LogP) is -0.634. The van der Waals surface area contributed by atoms with Crippen molar-refractivity contribution in [3.63, 3.8) is 0 Å². The van der Waals surface area contributed by atoms with Crippen molar-refractivity contribution in [3.8, 4) is 12.3 Å². The highest BCUT2D eigenvalue weighted by Gasteiger charge is 2.12. The third-order valence-corrected chi connectivity index (χ3v) is 2.14. The summed E-state index contributed by atoms with van der Waals surface area (Å²) < 4.78 is 4.95. The van der Waals surface area contributed by atoms with Gasteiger partial charge in [-0.05, 0) is 6.42 Å². The maximum Gasteiger partial charge on any atom is 0.222 e. The number of hydrogen-bond donors (Lipinski definition) is 2. The first-order valence-electron chi connectivity index (χ1n) is 5.62. The molecule has 0 rings (SSSR count). The molecule has 18 heavy (non-hydrogen) atoms. The number of primary amides is 1. The van der Waals surface area contributed by atoms with E-state index in [-0.39, 0.29) is 44.4 Å². The number of nitrogens with one attached hydrogen (secondary N) is 1. The van der Waals surface area contributed by atoms with Crippen molar-refractivity contribution in [2.45, 2.75) is 31.7 Å². The summed E-state index contributed by atoms with van der Waals surface area (Å²) in [6.07, 6.45) is 6.47. The van der Waals surface area contributed by atoms with Crippen LogP contribution in [-0.4, -0.2) is 37.4 Å². The van der Waals surface area contributed by atoms with E-state index in [0.717, 1.165) is 0 Å². The smallest absolute Gasteiger partial charge is 0.222 e. The summed E-state index contributed by atoms with van der Waals surface area (Å²) in [6, 6.07) is -0.366. The highest BCUT2D eigenvalue weighted by Crippen LogP contribution is 2.01. The lowest BCUT2D eigenvalue weighted by Gasteiger charge is -2.15. The molecule has 0 aromatic heterocycles. The normalized spacial score (nSPS) is 11.3. The Bertz CT molecular complexity index is 323. The summed E-state index contributed by atoms with van der Waals surface area (Å²) in [5, 5.41) is 2.64. The molecule has 3 N–H and O–H groups in total. The Hall–Kier alpha value is -1.87. The summed E-state index contributed by atoms with van der Waals surface area (Å²) in [4.78, 5) is 32.5. The Morgan fingerprint density at radius 1 is 1.44 bits per heavy atom. The van der Waals surface area contributed by atoms with Gasteiger partial charge in [-0.25, -0.2) is 0 Å². The van der Waals surface area contributed by atoms with E-state index in [0.29, 0.717) is 12.7 Å². The Labute approximate surface area is 106 Å². The van der Waals surface area contributed by atoms with E-state index in [1.165, 1.54) is 0 Å². The van der Waals surface area contributed by atoms with Gasteiger partial charge in [-0.2, -0.15) is 0 Å². The topological polar surface area (TPSA) is 98.5 Å². The third kappa shape index (κ3) is 9.36. The van der Waals surface area contributed by atoms with Crippen LogP contribution >= 0.6 is 0 Å². The lowest BCUT2D eigenvalue weighted by atomic mass is 10.1. The zero-order valence-electron chi connectivity index (χ0n) is 10.2. The summed E-state index contributed by atoms with van der Waals surface area (Å²) in [5.74, 6) is 1.58. The van der Waals surface area contributed by atoms with E-state index in [2.05, 4.69) is 11.2 Å². The molecule has 100 valence electrons. The SMILES string of the molecule is C#CCOCCC(=O)NC(CC=O)CCC(N)=O. The van der Waals surface area contributed by atoms with Crippen molar-refractivity contribution in [2.24, 2.45) is 5.73 Å². The minimum Gasteiger partial charge on any atom is -0.370 e. The number of terminal acetylenes is 1. The Balaban J connectivity index is 3.91. The van der Waals surface area contributed by atoms with Gasteiger partial charge in [0.05, 0.1) is 13.0 Å². The highest BCUT2D eigenvalue weighted by molar-refractivity contribution is 5.77. The van der Waals surface area contributed by atoms with Crippen LogP contribution in [0.4, 0.5) is 0 Å². The van der Waals surface area contributed by atoms with E-state index in [9.17, 15) is 14.4 Å². The van der Waals surface area contributed by atoms with Crippen LogP contribution in [0.25, 0.3) is 0 Å². The maximum absolute atomic E-state index is 11.5. The second-order valence-corrected chi connectivity index (χ2v) is 3.68. The van der Waals surface area contributed by atoms with Crippen LogP contribution in [0.5, 0.6) is 0 Å². The molecule has 0 bridgehead atoms. The number of rotatable bonds is 10. The summed E-state index contributed by atoms with van der Waals surface area (Å²) >= 11 is 0. The molecular weight excluding hydrogens is 236 g/mol. The summed E-state index contributed by atoms with van der Waals surface area (Å²) in [7, 11) is 0. The van der Waals surface area contributed by atoms with E-state index < -0.39 is 5.91 Å². The van der Waals surface area contributed by atoms with Crippen molar-refractivity contribution in [2.75, 3.05) is 13.2 Å². The number of aldehydes is 1. The fourth-order valence-electron chi connectivity index (χ4n) is 1.28. The molecule has 1 unspecified atom stereocenters. The number of carbonyl (C=O) groups excluding carboxylic acids is 3. The van der Waals surface area contributed by atoms with Crippen molar-refractivity contribution >= 4 is 18.1 Å². The highest BCUT2D eigenvalue weighted by atomic mass is 16.5. The number of hydrogen-bond acceptors (Lipinski definition) is 4. The minimum absolute atomic E-state index is 0.131. The van der Waals surface area contributed by atoms with Gasteiger partial charge in [0.25, 0.3) is 0 Å². The van der Waals surface area contributed by atoms with Crippen molar-refractivity contribution in [1.29, 1.82) is 0 Å². The third-order valence-electron chi connectivity index (χ3n) is 2.14. The van der Waals surface area contributed by atoms with Crippen molar-refractivity contribution in [1.82, 2.24) is 5.32 Å².